The first kappa shape index (κ1) is 14.7. The fourth-order valence-corrected chi connectivity index (χ4v) is 2.41. The molecule has 2 aromatic carbocycles. The molecule has 0 aromatic heterocycles. The molecule has 0 spiro atoms. The van der Waals surface area contributed by atoms with Gasteiger partial charge in [0.15, 0.2) is 0 Å². The van der Waals surface area contributed by atoms with Crippen LogP contribution in [0.5, 0.6) is 0 Å². The predicted octanol–water partition coefficient (Wildman–Crippen LogP) is 3.83. The van der Waals surface area contributed by atoms with Crippen LogP contribution < -0.4 is 11.3 Å². The van der Waals surface area contributed by atoms with Crippen molar-refractivity contribution < 1.29 is 4.39 Å². The Bertz CT molecular complexity index is 560. The van der Waals surface area contributed by atoms with E-state index in [4.69, 9.17) is 17.4 Å². The number of nitrogens with one attached hydrogen (secondary N) is 1. The highest BCUT2D eigenvalue weighted by Gasteiger charge is 2.12. The molecule has 19 heavy (non-hydrogen) atoms. The molecule has 100 valence electrons. The van der Waals surface area contributed by atoms with Gasteiger partial charge < -0.3 is 0 Å². The largest absolute Gasteiger partial charge is 0.271 e. The van der Waals surface area contributed by atoms with Crippen LogP contribution in [0.3, 0.4) is 0 Å². The Balaban J connectivity index is 2.19. The van der Waals surface area contributed by atoms with E-state index >= 15 is 0 Å². The maximum absolute atomic E-state index is 13.2. The fraction of sp³-hybridized carbons (Fsp3) is 0.143. The van der Waals surface area contributed by atoms with Gasteiger partial charge in [-0.25, -0.2) is 4.39 Å². The average Bonchev–Trinajstić information content (AvgIpc) is 2.41. The summed E-state index contributed by atoms with van der Waals surface area (Å²) in [5, 5.41) is 0.111. The summed E-state index contributed by atoms with van der Waals surface area (Å²) in [4.78, 5) is 0. The third-order valence-electron chi connectivity index (χ3n) is 2.90. The maximum Gasteiger partial charge on any atom is 0.141 e. The Morgan fingerprint density at radius 2 is 1.89 bits per heavy atom. The standard InChI is InChI=1S/C14H13ClFIN2/c15-12-8-10(3-6-13(12)16)14(19-18)7-9-1-4-11(17)5-2-9/h1-6,8,14,19H,7,18H2. The van der Waals surface area contributed by atoms with Gasteiger partial charge in [0.05, 0.1) is 11.1 Å². The van der Waals surface area contributed by atoms with Crippen molar-refractivity contribution in [1.82, 2.24) is 5.43 Å². The molecule has 0 radical (unpaired) electrons. The lowest BCUT2D eigenvalue weighted by Crippen LogP contribution is -2.29. The first-order valence-electron chi connectivity index (χ1n) is 5.75. The lowest BCUT2D eigenvalue weighted by molar-refractivity contribution is 0.549. The van der Waals surface area contributed by atoms with Gasteiger partial charge in [-0.3, -0.25) is 11.3 Å². The van der Waals surface area contributed by atoms with Crippen LogP contribution in [0, 0.1) is 9.39 Å². The molecule has 3 N–H and O–H groups in total. The van der Waals surface area contributed by atoms with Crippen LogP contribution in [0.4, 0.5) is 4.39 Å². The van der Waals surface area contributed by atoms with Crippen LogP contribution in [0.2, 0.25) is 5.02 Å². The highest BCUT2D eigenvalue weighted by Crippen LogP contribution is 2.23. The number of benzene rings is 2. The van der Waals surface area contributed by atoms with Gasteiger partial charge in [-0.05, 0) is 64.4 Å². The topological polar surface area (TPSA) is 38.0 Å². The van der Waals surface area contributed by atoms with Crippen molar-refractivity contribution in [1.29, 1.82) is 0 Å². The summed E-state index contributed by atoms with van der Waals surface area (Å²) in [6, 6.07) is 12.7. The fourth-order valence-electron chi connectivity index (χ4n) is 1.86. The van der Waals surface area contributed by atoms with Crippen LogP contribution >= 0.6 is 34.2 Å². The van der Waals surface area contributed by atoms with E-state index in [0.717, 1.165) is 17.5 Å². The van der Waals surface area contributed by atoms with Gasteiger partial charge >= 0.3 is 0 Å². The molecule has 1 unspecified atom stereocenters. The molecule has 0 aliphatic rings. The Hall–Kier alpha value is -0.690. The summed E-state index contributed by atoms with van der Waals surface area (Å²) in [6.07, 6.45) is 0.718. The normalized spacial score (nSPS) is 12.4. The molecule has 0 saturated heterocycles. The van der Waals surface area contributed by atoms with Gasteiger partial charge in [0.25, 0.3) is 0 Å². The number of hydrogen-bond donors (Lipinski definition) is 2. The predicted molar refractivity (Wildman–Crippen MR) is 84.3 cm³/mol. The molecule has 0 aliphatic heterocycles. The van der Waals surface area contributed by atoms with E-state index in [9.17, 15) is 4.39 Å². The van der Waals surface area contributed by atoms with E-state index in [0.29, 0.717) is 0 Å². The summed E-state index contributed by atoms with van der Waals surface area (Å²) < 4.78 is 14.3. The van der Waals surface area contributed by atoms with E-state index in [1.807, 2.05) is 12.1 Å². The van der Waals surface area contributed by atoms with Crippen molar-refractivity contribution in [3.05, 3.63) is 68.0 Å². The monoisotopic (exact) mass is 390 g/mol. The average molecular weight is 391 g/mol. The Morgan fingerprint density at radius 1 is 1.21 bits per heavy atom. The highest BCUT2D eigenvalue weighted by molar-refractivity contribution is 14.1. The molecule has 1 atom stereocenters. The van der Waals surface area contributed by atoms with E-state index in [2.05, 4.69) is 40.1 Å². The van der Waals surface area contributed by atoms with Crippen molar-refractivity contribution in [3.63, 3.8) is 0 Å². The SMILES string of the molecule is NNC(Cc1ccc(I)cc1)c1ccc(F)c(Cl)c1. The molecular weight excluding hydrogens is 378 g/mol. The van der Waals surface area contributed by atoms with Gasteiger partial charge in [0, 0.05) is 3.57 Å². The molecule has 0 heterocycles. The van der Waals surface area contributed by atoms with E-state index < -0.39 is 5.82 Å². The Labute approximate surface area is 130 Å². The summed E-state index contributed by atoms with van der Waals surface area (Å²) in [6.45, 7) is 0. The lowest BCUT2D eigenvalue weighted by atomic mass is 9.99. The van der Waals surface area contributed by atoms with E-state index in [1.165, 1.54) is 9.64 Å². The van der Waals surface area contributed by atoms with Crippen LogP contribution in [0.25, 0.3) is 0 Å². The minimum Gasteiger partial charge on any atom is -0.271 e. The van der Waals surface area contributed by atoms with Crippen LogP contribution in [-0.2, 0) is 6.42 Å². The highest BCUT2D eigenvalue weighted by atomic mass is 127. The molecular formula is C14H13ClFIN2. The molecule has 0 saturated carbocycles. The van der Waals surface area contributed by atoms with Crippen molar-refractivity contribution in [3.8, 4) is 0 Å². The number of nitrogens with two attached hydrogens (primary N) is 1. The van der Waals surface area contributed by atoms with Crippen LogP contribution in [-0.4, -0.2) is 0 Å². The van der Waals surface area contributed by atoms with Crippen LogP contribution in [0.15, 0.2) is 42.5 Å². The zero-order valence-corrected chi connectivity index (χ0v) is 13.0. The van der Waals surface area contributed by atoms with E-state index in [1.54, 1.807) is 12.1 Å². The minimum absolute atomic E-state index is 0.0989. The molecule has 2 nitrogen and oxygen atoms in total. The summed E-state index contributed by atoms with van der Waals surface area (Å²) in [5.41, 5.74) is 4.77. The molecule has 2 rings (SSSR count). The molecule has 2 aromatic rings. The Kier molecular flexibility index (Phi) is 5.15. The first-order chi connectivity index (χ1) is 9.10. The number of hydrogen-bond acceptors (Lipinski definition) is 2. The molecule has 0 bridgehead atoms. The second kappa shape index (κ2) is 6.65. The molecule has 5 heteroatoms. The van der Waals surface area contributed by atoms with Gasteiger partial charge in [-0.2, -0.15) is 0 Å². The minimum atomic E-state index is -0.421. The third-order valence-corrected chi connectivity index (χ3v) is 3.91. The number of rotatable bonds is 4. The molecule has 0 fully saturated rings. The summed E-state index contributed by atoms with van der Waals surface area (Å²) in [5.74, 6) is 5.16. The zero-order valence-electron chi connectivity index (χ0n) is 10.0. The smallest absolute Gasteiger partial charge is 0.141 e. The first-order valence-corrected chi connectivity index (χ1v) is 7.21. The second-order valence-electron chi connectivity index (χ2n) is 4.22. The quantitative estimate of drug-likeness (QED) is 0.473. The van der Waals surface area contributed by atoms with Crippen molar-refractivity contribution in [2.45, 2.75) is 12.5 Å². The molecule has 0 amide bonds. The zero-order chi connectivity index (χ0) is 13.8. The summed E-state index contributed by atoms with van der Waals surface area (Å²) in [7, 11) is 0. The van der Waals surface area contributed by atoms with Crippen molar-refractivity contribution >= 4 is 34.2 Å². The number of halogens is 3. The number of hydrazine groups is 1. The second-order valence-corrected chi connectivity index (χ2v) is 5.88. The maximum atomic E-state index is 13.2. The van der Waals surface area contributed by atoms with Crippen molar-refractivity contribution in [2.75, 3.05) is 0 Å². The van der Waals surface area contributed by atoms with Crippen molar-refractivity contribution in [2.24, 2.45) is 5.84 Å². The Morgan fingerprint density at radius 3 is 2.47 bits per heavy atom. The molecule has 0 aliphatic carbocycles. The lowest BCUT2D eigenvalue weighted by Gasteiger charge is -2.17. The van der Waals surface area contributed by atoms with Gasteiger partial charge in [0.2, 0.25) is 0 Å². The summed E-state index contributed by atoms with van der Waals surface area (Å²) >= 11 is 8.05. The van der Waals surface area contributed by atoms with Gasteiger partial charge in [-0.1, -0.05) is 29.8 Å². The van der Waals surface area contributed by atoms with Gasteiger partial charge in [-0.15, -0.1) is 0 Å². The van der Waals surface area contributed by atoms with Gasteiger partial charge in [0.1, 0.15) is 5.82 Å². The van der Waals surface area contributed by atoms with E-state index in [-0.39, 0.29) is 11.1 Å². The van der Waals surface area contributed by atoms with Crippen LogP contribution in [0.1, 0.15) is 17.2 Å². The third kappa shape index (κ3) is 3.89.